The summed E-state index contributed by atoms with van der Waals surface area (Å²) < 4.78 is 37.7. The molecule has 19 heavy (non-hydrogen) atoms. The zero-order valence-corrected chi connectivity index (χ0v) is 11.0. The van der Waals surface area contributed by atoms with Crippen molar-refractivity contribution < 1.29 is 23.1 Å². The lowest BCUT2D eigenvalue weighted by Crippen LogP contribution is -2.61. The monoisotopic (exact) mass is 282 g/mol. The lowest BCUT2D eigenvalue weighted by atomic mass is 9.79. The van der Waals surface area contributed by atoms with Crippen LogP contribution >= 0.6 is 0 Å². The van der Waals surface area contributed by atoms with Gasteiger partial charge in [-0.05, 0) is 31.6 Å². The maximum absolute atomic E-state index is 12.6. The third-order valence-electron chi connectivity index (χ3n) is 3.89. The van der Waals surface area contributed by atoms with Crippen molar-refractivity contribution in [3.63, 3.8) is 0 Å². The van der Waals surface area contributed by atoms with Gasteiger partial charge in [-0.3, -0.25) is 4.79 Å². The summed E-state index contributed by atoms with van der Waals surface area (Å²) in [6, 6.07) is 0. The SMILES string of the molecule is CC(N)(C(=O)NCC1CCCCC1CO)C(F)(F)F. The van der Waals surface area contributed by atoms with E-state index in [1.165, 1.54) is 0 Å². The van der Waals surface area contributed by atoms with Crippen molar-refractivity contribution in [2.24, 2.45) is 17.6 Å². The zero-order valence-electron chi connectivity index (χ0n) is 11.0. The Balaban J connectivity index is 2.54. The molecule has 1 aliphatic carbocycles. The predicted molar refractivity (Wildman–Crippen MR) is 64.2 cm³/mol. The van der Waals surface area contributed by atoms with Crippen LogP contribution in [-0.4, -0.2) is 35.9 Å². The molecule has 1 amide bonds. The molecule has 0 aromatic rings. The minimum atomic E-state index is -4.78. The number of rotatable bonds is 4. The van der Waals surface area contributed by atoms with Crippen molar-refractivity contribution in [2.75, 3.05) is 13.2 Å². The Kier molecular flexibility index (Phi) is 5.20. The quantitative estimate of drug-likeness (QED) is 0.725. The number of hydrogen-bond acceptors (Lipinski definition) is 3. The molecule has 0 radical (unpaired) electrons. The summed E-state index contributed by atoms with van der Waals surface area (Å²) in [7, 11) is 0. The molecule has 0 aliphatic heterocycles. The highest BCUT2D eigenvalue weighted by molar-refractivity contribution is 5.86. The average Bonchev–Trinajstić information content (AvgIpc) is 2.34. The number of hydrogen-bond donors (Lipinski definition) is 3. The van der Waals surface area contributed by atoms with E-state index in [1.54, 1.807) is 0 Å². The molecule has 1 rings (SSSR count). The minimum Gasteiger partial charge on any atom is -0.396 e. The first-order chi connectivity index (χ1) is 8.70. The normalized spacial score (nSPS) is 27.7. The van der Waals surface area contributed by atoms with Gasteiger partial charge >= 0.3 is 6.18 Å². The second-order valence-corrected chi connectivity index (χ2v) is 5.40. The van der Waals surface area contributed by atoms with Gasteiger partial charge in [0.05, 0.1) is 0 Å². The highest BCUT2D eigenvalue weighted by Crippen LogP contribution is 2.30. The number of carbonyl (C=O) groups excluding carboxylic acids is 1. The summed E-state index contributed by atoms with van der Waals surface area (Å²) in [4.78, 5) is 11.5. The first kappa shape index (κ1) is 16.2. The third-order valence-corrected chi connectivity index (χ3v) is 3.89. The van der Waals surface area contributed by atoms with E-state index in [1.807, 2.05) is 0 Å². The molecule has 0 aromatic heterocycles. The summed E-state index contributed by atoms with van der Waals surface area (Å²) in [6.07, 6.45) is -1.15. The Morgan fingerprint density at radius 3 is 2.32 bits per heavy atom. The fourth-order valence-corrected chi connectivity index (χ4v) is 2.33. The molecule has 4 nitrogen and oxygen atoms in total. The molecule has 0 heterocycles. The van der Waals surface area contributed by atoms with Gasteiger partial charge in [0.25, 0.3) is 0 Å². The molecule has 112 valence electrons. The van der Waals surface area contributed by atoms with Crippen molar-refractivity contribution in [1.29, 1.82) is 0 Å². The molecule has 3 unspecified atom stereocenters. The maximum atomic E-state index is 12.6. The first-order valence-corrected chi connectivity index (χ1v) is 6.45. The van der Waals surface area contributed by atoms with Gasteiger partial charge in [-0.1, -0.05) is 12.8 Å². The van der Waals surface area contributed by atoms with Gasteiger partial charge in [0.1, 0.15) is 0 Å². The van der Waals surface area contributed by atoms with Crippen LogP contribution in [-0.2, 0) is 4.79 Å². The Morgan fingerprint density at radius 1 is 1.32 bits per heavy atom. The van der Waals surface area contributed by atoms with Crippen LogP contribution in [0.25, 0.3) is 0 Å². The van der Waals surface area contributed by atoms with Crippen LogP contribution in [0.3, 0.4) is 0 Å². The molecule has 3 atom stereocenters. The number of carbonyl (C=O) groups is 1. The highest BCUT2D eigenvalue weighted by Gasteiger charge is 2.53. The molecule has 0 bridgehead atoms. The van der Waals surface area contributed by atoms with Gasteiger partial charge in [-0.25, -0.2) is 0 Å². The Hall–Kier alpha value is -0.820. The van der Waals surface area contributed by atoms with Crippen molar-refractivity contribution >= 4 is 5.91 Å². The summed E-state index contributed by atoms with van der Waals surface area (Å²) in [6.45, 7) is 0.791. The lowest BCUT2D eigenvalue weighted by Gasteiger charge is -2.32. The smallest absolute Gasteiger partial charge is 0.396 e. The van der Waals surface area contributed by atoms with Gasteiger partial charge in [-0.2, -0.15) is 13.2 Å². The summed E-state index contributed by atoms with van der Waals surface area (Å²) in [5.41, 5.74) is 2.16. The van der Waals surface area contributed by atoms with Crippen molar-refractivity contribution in [2.45, 2.75) is 44.3 Å². The Morgan fingerprint density at radius 2 is 1.84 bits per heavy atom. The molecule has 0 spiro atoms. The molecule has 4 N–H and O–H groups in total. The largest absolute Gasteiger partial charge is 0.415 e. The topological polar surface area (TPSA) is 75.4 Å². The fraction of sp³-hybridized carbons (Fsp3) is 0.917. The number of aliphatic hydroxyl groups is 1. The fourth-order valence-electron chi connectivity index (χ4n) is 2.33. The van der Waals surface area contributed by atoms with Gasteiger partial charge in [0.2, 0.25) is 5.91 Å². The Bertz CT molecular complexity index is 319. The molecule has 0 saturated heterocycles. The van der Waals surface area contributed by atoms with Crippen LogP contribution in [0.15, 0.2) is 0 Å². The van der Waals surface area contributed by atoms with Gasteiger partial charge in [-0.15, -0.1) is 0 Å². The number of nitrogens with two attached hydrogens (primary N) is 1. The zero-order chi connectivity index (χ0) is 14.7. The molecule has 7 heteroatoms. The lowest BCUT2D eigenvalue weighted by molar-refractivity contribution is -0.187. The average molecular weight is 282 g/mol. The Labute approximate surface area is 110 Å². The number of aliphatic hydroxyl groups excluding tert-OH is 1. The van der Waals surface area contributed by atoms with Crippen LogP contribution < -0.4 is 11.1 Å². The summed E-state index contributed by atoms with van der Waals surface area (Å²) >= 11 is 0. The third kappa shape index (κ3) is 3.82. The van der Waals surface area contributed by atoms with Gasteiger partial charge < -0.3 is 16.2 Å². The molecule has 1 fully saturated rings. The second kappa shape index (κ2) is 6.09. The molecule has 0 aromatic carbocycles. The molecule has 1 saturated carbocycles. The van der Waals surface area contributed by atoms with E-state index in [0.29, 0.717) is 6.92 Å². The highest BCUT2D eigenvalue weighted by atomic mass is 19.4. The van der Waals surface area contributed by atoms with E-state index in [0.717, 1.165) is 25.7 Å². The van der Waals surface area contributed by atoms with E-state index >= 15 is 0 Å². The molecular formula is C12H21F3N2O2. The number of alkyl halides is 3. The second-order valence-electron chi connectivity index (χ2n) is 5.40. The van der Waals surface area contributed by atoms with E-state index in [9.17, 15) is 23.1 Å². The maximum Gasteiger partial charge on any atom is 0.415 e. The summed E-state index contributed by atoms with van der Waals surface area (Å²) in [5.74, 6) is -1.15. The van der Waals surface area contributed by atoms with Crippen LogP contribution in [0, 0.1) is 11.8 Å². The van der Waals surface area contributed by atoms with Crippen LogP contribution in [0.1, 0.15) is 32.6 Å². The standard InChI is InChI=1S/C12H21F3N2O2/c1-11(16,12(13,14)15)10(19)17-6-8-4-2-3-5-9(8)7-18/h8-9,18H,2-7,16H2,1H3,(H,17,19). The number of halogens is 3. The van der Waals surface area contributed by atoms with E-state index in [2.05, 4.69) is 5.32 Å². The number of amides is 1. The van der Waals surface area contributed by atoms with Crippen molar-refractivity contribution in [1.82, 2.24) is 5.32 Å². The van der Waals surface area contributed by atoms with Crippen LogP contribution in [0.4, 0.5) is 13.2 Å². The van der Waals surface area contributed by atoms with Crippen LogP contribution in [0.5, 0.6) is 0 Å². The van der Waals surface area contributed by atoms with Crippen molar-refractivity contribution in [3.8, 4) is 0 Å². The van der Waals surface area contributed by atoms with Crippen LogP contribution in [0.2, 0.25) is 0 Å². The molecule has 1 aliphatic rings. The van der Waals surface area contributed by atoms with E-state index in [4.69, 9.17) is 5.73 Å². The minimum absolute atomic E-state index is 0.000297. The first-order valence-electron chi connectivity index (χ1n) is 6.45. The predicted octanol–water partition coefficient (Wildman–Crippen LogP) is 1.18. The number of nitrogens with one attached hydrogen (secondary N) is 1. The van der Waals surface area contributed by atoms with Crippen molar-refractivity contribution in [3.05, 3.63) is 0 Å². The van der Waals surface area contributed by atoms with E-state index in [-0.39, 0.29) is 25.0 Å². The molecular weight excluding hydrogens is 261 g/mol. The summed E-state index contributed by atoms with van der Waals surface area (Å²) in [5, 5.41) is 11.5. The van der Waals surface area contributed by atoms with Gasteiger partial charge in [0.15, 0.2) is 5.54 Å². The van der Waals surface area contributed by atoms with E-state index < -0.39 is 17.6 Å². The van der Waals surface area contributed by atoms with Gasteiger partial charge in [0, 0.05) is 13.2 Å².